The Labute approximate surface area is 311 Å². The number of aryl methyl sites for hydroxylation is 2. The zero-order valence-electron chi connectivity index (χ0n) is 35.4. The van der Waals surface area contributed by atoms with Gasteiger partial charge in [-0.3, -0.25) is 0 Å². The van der Waals surface area contributed by atoms with Gasteiger partial charge in [0.1, 0.15) is 5.75 Å². The van der Waals surface area contributed by atoms with Gasteiger partial charge in [0.2, 0.25) is 0 Å². The highest BCUT2D eigenvalue weighted by atomic mass is 16.5. The van der Waals surface area contributed by atoms with E-state index in [9.17, 15) is 0 Å². The largest absolute Gasteiger partial charge is 0.493 e. The van der Waals surface area contributed by atoms with E-state index in [0.717, 1.165) is 12.2 Å². The predicted molar refractivity (Wildman–Crippen MR) is 221 cm³/mol. The first kappa shape index (κ1) is 37.4. The van der Waals surface area contributed by atoms with Gasteiger partial charge in [-0.05, 0) is 119 Å². The van der Waals surface area contributed by atoms with Crippen molar-refractivity contribution in [1.82, 2.24) is 0 Å². The lowest BCUT2D eigenvalue weighted by atomic mass is 9.76. The van der Waals surface area contributed by atoms with Gasteiger partial charge in [0.15, 0.2) is 0 Å². The third kappa shape index (κ3) is 6.19. The van der Waals surface area contributed by atoms with Gasteiger partial charge in [0, 0.05) is 22.8 Å². The number of hydrogen-bond acceptors (Lipinski definition) is 1. The van der Waals surface area contributed by atoms with Crippen molar-refractivity contribution in [3.8, 4) is 28.0 Å². The quantitative estimate of drug-likeness (QED) is 0.208. The van der Waals surface area contributed by atoms with Crippen molar-refractivity contribution in [3.63, 3.8) is 0 Å². The molecule has 0 spiro atoms. The van der Waals surface area contributed by atoms with Crippen LogP contribution < -0.4 is 4.74 Å². The minimum atomic E-state index is -0.114. The first-order valence-corrected chi connectivity index (χ1v) is 19.5. The highest BCUT2D eigenvalue weighted by Gasteiger charge is 2.42. The van der Waals surface area contributed by atoms with E-state index < -0.39 is 0 Å². The highest BCUT2D eigenvalue weighted by Crippen LogP contribution is 2.56. The summed E-state index contributed by atoms with van der Waals surface area (Å²) in [5.41, 5.74) is 21.0. The lowest BCUT2D eigenvalue weighted by Crippen LogP contribution is -2.20. The van der Waals surface area contributed by atoms with Crippen LogP contribution in [-0.4, -0.2) is 6.61 Å². The standard InChI is InChI=1S/C50H66O/c1-29-21-32(45(3,4)5)24-36-41(29)43-31(23-34(47(9,10)11)26-38(43)49(36,15)16)19-20-51-40-28-35(48(12,13)14)27-39-44(40)42-30(2)22-33(46(6,7)8)25-37(42)50(39,17)18/h21-28H,19-20H2,1-18H3. The second kappa shape index (κ2) is 11.6. The van der Waals surface area contributed by atoms with Gasteiger partial charge in [0.25, 0.3) is 0 Å². The molecule has 0 amide bonds. The molecule has 1 nitrogen and oxygen atoms in total. The van der Waals surface area contributed by atoms with Crippen molar-refractivity contribution >= 4 is 0 Å². The Bertz CT molecular complexity index is 1900. The Hall–Kier alpha value is -3.32. The molecule has 0 saturated carbocycles. The molecule has 2 aliphatic carbocycles. The summed E-state index contributed by atoms with van der Waals surface area (Å²) < 4.78 is 7.11. The van der Waals surface area contributed by atoms with E-state index in [1.165, 1.54) is 83.5 Å². The van der Waals surface area contributed by atoms with Crippen molar-refractivity contribution in [2.45, 2.75) is 164 Å². The fraction of sp³-hybridized carbons (Fsp3) is 0.520. The van der Waals surface area contributed by atoms with Crippen LogP contribution in [0.5, 0.6) is 5.75 Å². The zero-order valence-corrected chi connectivity index (χ0v) is 35.4. The molecule has 4 aromatic rings. The second-order valence-electron chi connectivity index (χ2n) is 21.2. The molecular weight excluding hydrogens is 617 g/mol. The van der Waals surface area contributed by atoms with E-state index in [-0.39, 0.29) is 32.5 Å². The molecule has 0 radical (unpaired) electrons. The van der Waals surface area contributed by atoms with E-state index in [1.807, 2.05) is 0 Å². The molecule has 4 aromatic carbocycles. The lowest BCUT2D eigenvalue weighted by molar-refractivity contribution is 0.322. The van der Waals surface area contributed by atoms with Crippen LogP contribution in [0.15, 0.2) is 48.5 Å². The molecule has 0 unspecified atom stereocenters. The van der Waals surface area contributed by atoms with Gasteiger partial charge in [-0.1, -0.05) is 153 Å². The Balaban J connectivity index is 1.48. The summed E-state index contributed by atoms with van der Waals surface area (Å²) in [5.74, 6) is 1.03. The number of hydrogen-bond donors (Lipinski definition) is 0. The van der Waals surface area contributed by atoms with Crippen molar-refractivity contribution in [3.05, 3.63) is 110 Å². The molecule has 0 saturated heterocycles. The van der Waals surface area contributed by atoms with Gasteiger partial charge in [-0.15, -0.1) is 0 Å². The topological polar surface area (TPSA) is 9.23 Å². The third-order valence-corrected chi connectivity index (χ3v) is 12.3. The van der Waals surface area contributed by atoms with E-state index in [2.05, 4.69) is 173 Å². The molecule has 0 bridgehead atoms. The summed E-state index contributed by atoms with van der Waals surface area (Å²) in [6, 6.07) is 19.7. The number of fused-ring (bicyclic) bond motifs is 6. The highest BCUT2D eigenvalue weighted by molar-refractivity contribution is 5.89. The van der Waals surface area contributed by atoms with Crippen LogP contribution in [-0.2, 0) is 38.9 Å². The molecule has 0 N–H and O–H groups in total. The number of ether oxygens (including phenoxy) is 1. The van der Waals surface area contributed by atoms with Crippen molar-refractivity contribution in [1.29, 1.82) is 0 Å². The Morgan fingerprint density at radius 3 is 1.18 bits per heavy atom. The van der Waals surface area contributed by atoms with Crippen molar-refractivity contribution in [2.75, 3.05) is 6.61 Å². The zero-order chi connectivity index (χ0) is 38.0. The molecule has 2 aliphatic rings. The summed E-state index contributed by atoms with van der Waals surface area (Å²) in [6.07, 6.45) is 0.856. The number of benzene rings is 4. The monoisotopic (exact) mass is 683 g/mol. The lowest BCUT2D eigenvalue weighted by Gasteiger charge is -2.28. The van der Waals surface area contributed by atoms with Crippen LogP contribution >= 0.6 is 0 Å². The summed E-state index contributed by atoms with van der Waals surface area (Å²) in [6.45, 7) is 42.9. The third-order valence-electron chi connectivity index (χ3n) is 12.3. The molecule has 0 aliphatic heterocycles. The minimum absolute atomic E-state index is 0.00417. The van der Waals surface area contributed by atoms with Crippen LogP contribution in [0, 0.1) is 13.8 Å². The van der Waals surface area contributed by atoms with Gasteiger partial charge >= 0.3 is 0 Å². The normalized spacial score (nSPS) is 16.1. The Morgan fingerprint density at radius 2 is 0.765 bits per heavy atom. The molecule has 0 fully saturated rings. The summed E-state index contributed by atoms with van der Waals surface area (Å²) >= 11 is 0. The van der Waals surface area contributed by atoms with Gasteiger partial charge in [-0.25, -0.2) is 0 Å². The van der Waals surface area contributed by atoms with Crippen LogP contribution in [0.3, 0.4) is 0 Å². The maximum Gasteiger partial charge on any atom is 0.127 e. The van der Waals surface area contributed by atoms with Crippen molar-refractivity contribution in [2.24, 2.45) is 0 Å². The first-order chi connectivity index (χ1) is 23.1. The fourth-order valence-electron chi connectivity index (χ4n) is 8.68. The smallest absolute Gasteiger partial charge is 0.127 e. The molecule has 6 rings (SSSR count). The molecule has 272 valence electrons. The van der Waals surface area contributed by atoms with Crippen LogP contribution in [0.25, 0.3) is 22.3 Å². The van der Waals surface area contributed by atoms with Crippen molar-refractivity contribution < 1.29 is 4.74 Å². The fourth-order valence-corrected chi connectivity index (χ4v) is 8.68. The molecule has 0 heterocycles. The maximum absolute atomic E-state index is 7.11. The predicted octanol–water partition coefficient (Wildman–Crippen LogP) is 13.7. The molecule has 1 heteroatoms. The SMILES string of the molecule is Cc1cc(C(C)(C)C)cc2c1-c1c(CCOc3cc(C(C)(C)C)cc4c3-c3c(C)cc(C(C)(C)C)cc3C4(C)C)cc(C(C)(C)C)cc1C2(C)C. The van der Waals surface area contributed by atoms with E-state index >= 15 is 0 Å². The average molecular weight is 683 g/mol. The maximum atomic E-state index is 7.11. The summed E-state index contributed by atoms with van der Waals surface area (Å²) in [7, 11) is 0. The van der Waals surface area contributed by atoms with Gasteiger partial charge in [-0.2, -0.15) is 0 Å². The Kier molecular flexibility index (Phi) is 8.51. The van der Waals surface area contributed by atoms with E-state index in [1.54, 1.807) is 0 Å². The van der Waals surface area contributed by atoms with E-state index in [4.69, 9.17) is 4.74 Å². The van der Waals surface area contributed by atoms with Crippen LogP contribution in [0.2, 0.25) is 0 Å². The molecule has 0 aromatic heterocycles. The minimum Gasteiger partial charge on any atom is -0.493 e. The van der Waals surface area contributed by atoms with Crippen LogP contribution in [0.1, 0.15) is 172 Å². The average Bonchev–Trinajstić information content (AvgIpc) is 3.35. The molecule has 51 heavy (non-hydrogen) atoms. The summed E-state index contributed by atoms with van der Waals surface area (Å²) in [4.78, 5) is 0. The molecular formula is C50H66O. The number of rotatable bonds is 4. The van der Waals surface area contributed by atoms with Gasteiger partial charge in [0.05, 0.1) is 6.61 Å². The molecule has 0 atom stereocenters. The first-order valence-electron chi connectivity index (χ1n) is 19.5. The van der Waals surface area contributed by atoms with E-state index in [0.29, 0.717) is 6.61 Å². The van der Waals surface area contributed by atoms with Crippen LogP contribution in [0.4, 0.5) is 0 Å². The second-order valence-corrected chi connectivity index (χ2v) is 21.2. The summed E-state index contributed by atoms with van der Waals surface area (Å²) in [5, 5.41) is 0. The Morgan fingerprint density at radius 1 is 0.431 bits per heavy atom. The van der Waals surface area contributed by atoms with Gasteiger partial charge < -0.3 is 4.74 Å².